The number of anilines is 3. The van der Waals surface area contributed by atoms with E-state index in [0.29, 0.717) is 0 Å². The largest absolute Gasteiger partial charge is 0.456 e. The molecular weight excluding hydrogens is 803 g/mol. The Bertz CT molecular complexity index is 3720. The first-order valence-corrected chi connectivity index (χ1v) is 24.4. The molecule has 3 heteroatoms. The van der Waals surface area contributed by atoms with Gasteiger partial charge in [0, 0.05) is 33.9 Å². The highest BCUT2D eigenvalue weighted by Gasteiger charge is 2.51. The summed E-state index contributed by atoms with van der Waals surface area (Å²) in [7, 11) is -2.99. The van der Waals surface area contributed by atoms with Crippen LogP contribution in [0.3, 0.4) is 0 Å². The van der Waals surface area contributed by atoms with Gasteiger partial charge in [-0.15, -0.1) is 0 Å². The normalized spacial score (nSPS) is 12.7. The molecule has 1 aromatic heterocycles. The SMILES string of the molecule is c1ccc(-c2cccc3cccc(-c4ccc(N(c5ccc6c(c5)oc5ccccc56)c5cccc6c5[Si](c5ccccc5)(c5ccccc5)c5ccc7ccccc7c5-6)cc4)c23)cc1. The van der Waals surface area contributed by atoms with Crippen LogP contribution in [0.25, 0.3) is 76.9 Å². The molecule has 11 aromatic carbocycles. The number of furan rings is 1. The zero-order valence-electron chi connectivity index (χ0n) is 35.5. The first-order valence-electron chi connectivity index (χ1n) is 22.4. The number of hydrogen-bond donors (Lipinski definition) is 0. The fourth-order valence-electron chi connectivity index (χ4n) is 11.0. The molecule has 1 aliphatic rings. The molecular formula is C62H41NOSi. The van der Waals surface area contributed by atoms with Gasteiger partial charge in [0.05, 0.1) is 0 Å². The molecule has 304 valence electrons. The maximum Gasteiger partial charge on any atom is 0.183 e. The molecule has 2 nitrogen and oxygen atoms in total. The van der Waals surface area contributed by atoms with E-state index in [1.54, 1.807) is 0 Å². The third-order valence-electron chi connectivity index (χ3n) is 13.7. The Morgan fingerprint density at radius 2 is 0.908 bits per heavy atom. The number of nitrogens with zero attached hydrogens (tertiary/aromatic N) is 1. The second kappa shape index (κ2) is 14.9. The molecule has 0 bridgehead atoms. The molecule has 0 fully saturated rings. The van der Waals surface area contributed by atoms with Crippen LogP contribution in [0, 0.1) is 0 Å². The van der Waals surface area contributed by atoms with Crippen LogP contribution in [0.2, 0.25) is 0 Å². The van der Waals surface area contributed by atoms with Gasteiger partial charge in [0.1, 0.15) is 11.2 Å². The summed E-state index contributed by atoms with van der Waals surface area (Å²) in [6.45, 7) is 0. The van der Waals surface area contributed by atoms with E-state index in [-0.39, 0.29) is 0 Å². The number of benzene rings is 11. The Morgan fingerprint density at radius 3 is 1.63 bits per heavy atom. The van der Waals surface area contributed by atoms with E-state index in [0.717, 1.165) is 33.3 Å². The van der Waals surface area contributed by atoms with Crippen molar-refractivity contribution < 1.29 is 4.42 Å². The molecule has 12 aromatic rings. The number of hydrogen-bond acceptors (Lipinski definition) is 2. The average Bonchev–Trinajstić information content (AvgIpc) is 3.91. The van der Waals surface area contributed by atoms with Gasteiger partial charge >= 0.3 is 0 Å². The van der Waals surface area contributed by atoms with Crippen LogP contribution in [-0.2, 0) is 0 Å². The first-order chi connectivity index (χ1) is 32.3. The molecule has 0 saturated heterocycles. The maximum atomic E-state index is 6.63. The summed E-state index contributed by atoms with van der Waals surface area (Å²) >= 11 is 0. The van der Waals surface area contributed by atoms with Crippen molar-refractivity contribution in [2.45, 2.75) is 0 Å². The van der Waals surface area contributed by atoms with Crippen LogP contribution in [-0.4, -0.2) is 8.07 Å². The van der Waals surface area contributed by atoms with Crippen LogP contribution < -0.4 is 25.6 Å². The van der Waals surface area contributed by atoms with Crippen molar-refractivity contribution in [3.8, 4) is 33.4 Å². The summed E-state index contributed by atoms with van der Waals surface area (Å²) in [6.07, 6.45) is 0. The fraction of sp³-hybridized carbons (Fsp3) is 0. The average molecular weight is 844 g/mol. The summed E-state index contributed by atoms with van der Waals surface area (Å²) in [5.74, 6) is 0. The Kier molecular flexibility index (Phi) is 8.58. The second-order valence-electron chi connectivity index (χ2n) is 17.1. The zero-order chi connectivity index (χ0) is 42.9. The van der Waals surface area contributed by atoms with E-state index < -0.39 is 8.07 Å². The van der Waals surface area contributed by atoms with E-state index in [9.17, 15) is 0 Å². The highest BCUT2D eigenvalue weighted by molar-refractivity contribution is 7.23. The molecule has 0 atom stereocenters. The third-order valence-corrected chi connectivity index (χ3v) is 18.6. The lowest BCUT2D eigenvalue weighted by Gasteiger charge is -2.36. The molecule has 0 N–H and O–H groups in total. The van der Waals surface area contributed by atoms with E-state index in [1.165, 1.54) is 81.4 Å². The quantitative estimate of drug-likeness (QED) is 0.149. The zero-order valence-corrected chi connectivity index (χ0v) is 36.5. The predicted molar refractivity (Wildman–Crippen MR) is 277 cm³/mol. The molecule has 0 unspecified atom stereocenters. The Morgan fingerprint density at radius 1 is 0.354 bits per heavy atom. The first kappa shape index (κ1) is 37.3. The Balaban J connectivity index is 1.09. The van der Waals surface area contributed by atoms with Crippen molar-refractivity contribution in [2.24, 2.45) is 0 Å². The third kappa shape index (κ3) is 5.73. The number of para-hydroxylation sites is 1. The smallest absolute Gasteiger partial charge is 0.183 e. The van der Waals surface area contributed by atoms with Crippen molar-refractivity contribution in [1.82, 2.24) is 0 Å². The lowest BCUT2D eigenvalue weighted by atomic mass is 9.91. The second-order valence-corrected chi connectivity index (χ2v) is 20.8. The van der Waals surface area contributed by atoms with Crippen molar-refractivity contribution in [3.05, 3.63) is 249 Å². The lowest BCUT2D eigenvalue weighted by Crippen LogP contribution is -2.73. The summed E-state index contributed by atoms with van der Waals surface area (Å²) in [4.78, 5) is 2.50. The maximum absolute atomic E-state index is 6.63. The Hall–Kier alpha value is -8.24. The van der Waals surface area contributed by atoms with Gasteiger partial charge in [0.25, 0.3) is 0 Å². The van der Waals surface area contributed by atoms with E-state index in [1.807, 2.05) is 6.07 Å². The van der Waals surface area contributed by atoms with Crippen LogP contribution in [0.15, 0.2) is 253 Å². The van der Waals surface area contributed by atoms with Crippen LogP contribution >= 0.6 is 0 Å². The number of rotatable bonds is 7. The van der Waals surface area contributed by atoms with Gasteiger partial charge in [0.15, 0.2) is 8.07 Å². The molecule has 0 radical (unpaired) electrons. The monoisotopic (exact) mass is 843 g/mol. The molecule has 2 heterocycles. The van der Waals surface area contributed by atoms with Crippen molar-refractivity contribution in [3.63, 3.8) is 0 Å². The van der Waals surface area contributed by atoms with Gasteiger partial charge < -0.3 is 9.32 Å². The summed E-state index contributed by atoms with van der Waals surface area (Å²) in [5.41, 5.74) is 12.5. The van der Waals surface area contributed by atoms with E-state index >= 15 is 0 Å². The van der Waals surface area contributed by atoms with Crippen LogP contribution in [0.1, 0.15) is 0 Å². The van der Waals surface area contributed by atoms with Gasteiger partial charge in [-0.05, 0) is 112 Å². The van der Waals surface area contributed by atoms with Gasteiger partial charge in [-0.2, -0.15) is 0 Å². The van der Waals surface area contributed by atoms with Gasteiger partial charge in [0.2, 0.25) is 0 Å². The van der Waals surface area contributed by atoms with Gasteiger partial charge in [-0.25, -0.2) is 0 Å². The van der Waals surface area contributed by atoms with Gasteiger partial charge in [-0.1, -0.05) is 206 Å². The molecule has 0 spiro atoms. The minimum atomic E-state index is -2.99. The van der Waals surface area contributed by atoms with Crippen molar-refractivity contribution in [1.29, 1.82) is 0 Å². The minimum Gasteiger partial charge on any atom is -0.456 e. The lowest BCUT2D eigenvalue weighted by molar-refractivity contribution is 0.669. The highest BCUT2D eigenvalue weighted by Crippen LogP contribution is 2.44. The fourth-order valence-corrected chi connectivity index (χ4v) is 16.3. The minimum absolute atomic E-state index is 0.867. The summed E-state index contributed by atoms with van der Waals surface area (Å²) in [5, 5.41) is 12.8. The van der Waals surface area contributed by atoms with Gasteiger partial charge in [-0.3, -0.25) is 0 Å². The predicted octanol–water partition coefficient (Wildman–Crippen LogP) is 14.1. The standard InChI is InChI=1S/C62H41NOSi/c1-4-17-42(18-5-1)50-28-14-20-45-21-15-29-51(60(45)50)44-33-36-46(37-34-44)63(47-38-39-54-53-27-12-13-32-57(53)64-58(54)41-47)56-31-16-30-55-61-52-26-11-10-19-43(52)35-40-59(61)65(62(55)56,48-22-6-2-7-23-48)49-24-8-3-9-25-49/h1-41H. The molecule has 65 heavy (non-hydrogen) atoms. The summed E-state index contributed by atoms with van der Waals surface area (Å²) < 4.78 is 6.63. The van der Waals surface area contributed by atoms with E-state index in [4.69, 9.17) is 4.42 Å². The molecule has 13 rings (SSSR count). The van der Waals surface area contributed by atoms with Crippen molar-refractivity contribution in [2.75, 3.05) is 4.90 Å². The van der Waals surface area contributed by atoms with E-state index in [2.05, 4.69) is 248 Å². The van der Waals surface area contributed by atoms with Crippen LogP contribution in [0.5, 0.6) is 0 Å². The molecule has 0 amide bonds. The highest BCUT2D eigenvalue weighted by atomic mass is 28.3. The molecule has 1 aliphatic heterocycles. The number of fused-ring (bicyclic) bond motifs is 9. The molecule has 0 saturated carbocycles. The molecule has 0 aliphatic carbocycles. The Labute approximate surface area is 378 Å². The van der Waals surface area contributed by atoms with Crippen LogP contribution in [0.4, 0.5) is 17.1 Å². The topological polar surface area (TPSA) is 16.4 Å². The van der Waals surface area contributed by atoms with Crippen molar-refractivity contribution >= 4 is 89.4 Å². The summed E-state index contributed by atoms with van der Waals surface area (Å²) in [6, 6.07) is 91.8.